The van der Waals surface area contributed by atoms with E-state index in [0.717, 1.165) is 20.8 Å². The van der Waals surface area contributed by atoms with Gasteiger partial charge in [0, 0.05) is 38.6 Å². The first kappa shape index (κ1) is 24.1. The van der Waals surface area contributed by atoms with Gasteiger partial charge in [0.25, 0.3) is 0 Å². The summed E-state index contributed by atoms with van der Waals surface area (Å²) in [4.78, 5) is 61.3. The Balaban J connectivity index is 2.57. The number of benzene rings is 3. The second-order valence-electron chi connectivity index (χ2n) is 7.11. The first-order valence-corrected chi connectivity index (χ1v) is 10.1. The Labute approximate surface area is 194 Å². The molecule has 0 aliphatic heterocycles. The summed E-state index contributed by atoms with van der Waals surface area (Å²) >= 11 is 0. The minimum atomic E-state index is -0.843. The zero-order chi connectivity index (χ0) is 25.0. The molecule has 0 bridgehead atoms. The highest BCUT2D eigenvalue weighted by Crippen LogP contribution is 2.51. The molecule has 3 aromatic carbocycles. The average molecular weight is 464 g/mol. The van der Waals surface area contributed by atoms with Crippen molar-refractivity contribution in [1.29, 1.82) is 0 Å². The lowest BCUT2D eigenvalue weighted by Crippen LogP contribution is -2.15. The molecule has 0 atom stereocenters. The smallest absolute Gasteiger partial charge is 0.308 e. The minimum Gasteiger partial charge on any atom is -0.426 e. The standard InChI is InChI=1S/C25H20O9/c1-13(26)31-19-12-8-11-18-20(19)23(32-14(2)27)25(34-16(4)29)24(33-15(3)28)21(18)22(30)17-9-6-5-7-10-17/h5-12H,1-4H3. The lowest BCUT2D eigenvalue weighted by Gasteiger charge is -2.20. The minimum absolute atomic E-state index is 0.000617. The summed E-state index contributed by atoms with van der Waals surface area (Å²) < 4.78 is 21.2. The molecule has 0 fully saturated rings. The van der Waals surface area contributed by atoms with Gasteiger partial charge in [-0.2, -0.15) is 0 Å². The molecule has 0 N–H and O–H groups in total. The van der Waals surface area contributed by atoms with Gasteiger partial charge in [-0.3, -0.25) is 24.0 Å². The molecule has 0 saturated heterocycles. The number of rotatable bonds is 6. The van der Waals surface area contributed by atoms with Crippen LogP contribution in [0.15, 0.2) is 48.5 Å². The first-order chi connectivity index (χ1) is 16.1. The van der Waals surface area contributed by atoms with Crippen LogP contribution in [0.1, 0.15) is 43.6 Å². The molecule has 0 amide bonds. The van der Waals surface area contributed by atoms with Crippen LogP contribution in [0.2, 0.25) is 0 Å². The maximum Gasteiger partial charge on any atom is 0.308 e. The van der Waals surface area contributed by atoms with E-state index in [9.17, 15) is 24.0 Å². The molecule has 34 heavy (non-hydrogen) atoms. The molecule has 9 heteroatoms. The predicted molar refractivity (Wildman–Crippen MR) is 119 cm³/mol. The maximum absolute atomic E-state index is 13.6. The second kappa shape index (κ2) is 9.95. The van der Waals surface area contributed by atoms with Crippen molar-refractivity contribution in [2.24, 2.45) is 0 Å². The fourth-order valence-corrected chi connectivity index (χ4v) is 3.34. The van der Waals surface area contributed by atoms with Crippen molar-refractivity contribution in [3.05, 3.63) is 59.7 Å². The third-order valence-corrected chi connectivity index (χ3v) is 4.42. The van der Waals surface area contributed by atoms with Gasteiger partial charge in [-0.05, 0) is 6.07 Å². The van der Waals surface area contributed by atoms with Gasteiger partial charge >= 0.3 is 23.9 Å². The number of ketones is 1. The van der Waals surface area contributed by atoms with Crippen molar-refractivity contribution in [2.45, 2.75) is 27.7 Å². The zero-order valence-electron chi connectivity index (χ0n) is 18.8. The molecule has 3 aromatic rings. The summed E-state index contributed by atoms with van der Waals surface area (Å²) in [6, 6.07) is 12.5. The summed E-state index contributed by atoms with van der Waals surface area (Å²) in [6.45, 7) is 4.45. The number of hydrogen-bond acceptors (Lipinski definition) is 9. The topological polar surface area (TPSA) is 122 Å². The van der Waals surface area contributed by atoms with Crippen LogP contribution in [-0.4, -0.2) is 29.7 Å². The lowest BCUT2D eigenvalue weighted by molar-refractivity contribution is -0.135. The molecule has 3 rings (SSSR count). The normalized spacial score (nSPS) is 10.4. The molecular formula is C25H20O9. The van der Waals surface area contributed by atoms with Crippen LogP contribution < -0.4 is 18.9 Å². The van der Waals surface area contributed by atoms with Gasteiger partial charge in [0.2, 0.25) is 5.75 Å². The van der Waals surface area contributed by atoms with Gasteiger partial charge in [-0.25, -0.2) is 0 Å². The summed E-state index contributed by atoms with van der Waals surface area (Å²) in [5, 5.41) is 0.135. The highest BCUT2D eigenvalue weighted by Gasteiger charge is 2.32. The molecule has 0 saturated carbocycles. The van der Waals surface area contributed by atoms with Crippen molar-refractivity contribution >= 4 is 40.4 Å². The fourth-order valence-electron chi connectivity index (χ4n) is 3.34. The highest BCUT2D eigenvalue weighted by molar-refractivity contribution is 6.21. The van der Waals surface area contributed by atoms with Crippen molar-refractivity contribution in [3.63, 3.8) is 0 Å². The zero-order valence-corrected chi connectivity index (χ0v) is 18.8. The number of carbonyl (C=O) groups is 5. The lowest BCUT2D eigenvalue weighted by atomic mass is 9.94. The number of hydrogen-bond donors (Lipinski definition) is 0. The summed E-state index contributed by atoms with van der Waals surface area (Å²) in [7, 11) is 0. The van der Waals surface area contributed by atoms with E-state index in [0.29, 0.717) is 0 Å². The molecular weight excluding hydrogens is 444 g/mol. The molecule has 0 radical (unpaired) electrons. The van der Waals surface area contributed by atoms with E-state index >= 15 is 0 Å². The van der Waals surface area contributed by atoms with Gasteiger partial charge in [-0.15, -0.1) is 0 Å². The van der Waals surface area contributed by atoms with Crippen molar-refractivity contribution in [2.75, 3.05) is 0 Å². The summed E-state index contributed by atoms with van der Waals surface area (Å²) in [5.41, 5.74) is 0.0849. The van der Waals surface area contributed by atoms with E-state index in [-0.39, 0.29) is 33.4 Å². The SMILES string of the molecule is CC(=O)Oc1c(OC(C)=O)c(OC(C)=O)c2c(OC(C)=O)cccc2c1C(=O)c1ccccc1. The molecule has 0 aromatic heterocycles. The van der Waals surface area contributed by atoms with Crippen LogP contribution in [0.25, 0.3) is 10.8 Å². The largest absolute Gasteiger partial charge is 0.426 e. The van der Waals surface area contributed by atoms with Gasteiger partial charge in [0.05, 0.1) is 10.9 Å². The van der Waals surface area contributed by atoms with Gasteiger partial charge in [0.15, 0.2) is 17.3 Å². The molecule has 0 unspecified atom stereocenters. The van der Waals surface area contributed by atoms with E-state index in [2.05, 4.69) is 0 Å². The molecule has 0 aliphatic rings. The Morgan fingerprint density at radius 3 is 1.65 bits per heavy atom. The van der Waals surface area contributed by atoms with Crippen LogP contribution in [-0.2, 0) is 19.2 Å². The number of esters is 4. The molecule has 9 nitrogen and oxygen atoms in total. The van der Waals surface area contributed by atoms with Gasteiger partial charge in [-0.1, -0.05) is 42.5 Å². The van der Waals surface area contributed by atoms with Crippen molar-refractivity contribution < 1.29 is 42.9 Å². The van der Waals surface area contributed by atoms with E-state index in [4.69, 9.17) is 18.9 Å². The van der Waals surface area contributed by atoms with Crippen molar-refractivity contribution in [1.82, 2.24) is 0 Å². The van der Waals surface area contributed by atoms with E-state index < -0.39 is 41.2 Å². The third-order valence-electron chi connectivity index (χ3n) is 4.42. The van der Waals surface area contributed by atoms with Crippen LogP contribution in [0.5, 0.6) is 23.0 Å². The Kier molecular flexibility index (Phi) is 7.06. The number of fused-ring (bicyclic) bond motifs is 1. The second-order valence-corrected chi connectivity index (χ2v) is 7.11. The first-order valence-electron chi connectivity index (χ1n) is 10.1. The van der Waals surface area contributed by atoms with Crippen LogP contribution in [0, 0.1) is 0 Å². The summed E-state index contributed by atoms with van der Waals surface area (Å²) in [5.74, 6) is -5.04. The monoisotopic (exact) mass is 464 g/mol. The molecule has 0 spiro atoms. The summed E-state index contributed by atoms with van der Waals surface area (Å²) in [6.07, 6.45) is 0. The van der Waals surface area contributed by atoms with Gasteiger partial charge < -0.3 is 18.9 Å². The Morgan fingerprint density at radius 2 is 1.09 bits per heavy atom. The fraction of sp³-hybridized carbons (Fsp3) is 0.160. The van der Waals surface area contributed by atoms with E-state index in [1.54, 1.807) is 30.3 Å². The van der Waals surface area contributed by atoms with Crippen LogP contribution in [0.3, 0.4) is 0 Å². The number of ether oxygens (including phenoxy) is 4. The molecule has 0 aliphatic carbocycles. The highest BCUT2D eigenvalue weighted by atomic mass is 16.6. The molecule has 0 heterocycles. The van der Waals surface area contributed by atoms with Crippen LogP contribution >= 0.6 is 0 Å². The Hall–Kier alpha value is -4.53. The Morgan fingerprint density at radius 1 is 0.559 bits per heavy atom. The number of carbonyl (C=O) groups excluding carboxylic acids is 5. The quantitative estimate of drug-likeness (QED) is 0.305. The van der Waals surface area contributed by atoms with E-state index in [1.807, 2.05) is 0 Å². The molecule has 174 valence electrons. The van der Waals surface area contributed by atoms with E-state index in [1.165, 1.54) is 25.1 Å². The average Bonchev–Trinajstić information content (AvgIpc) is 2.75. The predicted octanol–water partition coefficient (Wildman–Crippen LogP) is 3.77. The van der Waals surface area contributed by atoms with Crippen LogP contribution in [0.4, 0.5) is 0 Å². The maximum atomic E-state index is 13.6. The van der Waals surface area contributed by atoms with Crippen molar-refractivity contribution in [3.8, 4) is 23.0 Å². The third kappa shape index (κ3) is 5.09. The van der Waals surface area contributed by atoms with Gasteiger partial charge in [0.1, 0.15) is 5.75 Å². The Bertz CT molecular complexity index is 1320.